The number of ketones is 1. The number of rotatable bonds is 4. The Morgan fingerprint density at radius 2 is 1.93 bits per heavy atom. The van der Waals surface area contributed by atoms with Gasteiger partial charge in [0.25, 0.3) is 0 Å². The third kappa shape index (κ3) is 2.76. The molecule has 0 fully saturated rings. The van der Waals surface area contributed by atoms with E-state index in [1.807, 2.05) is 31.2 Å². The minimum Gasteiger partial charge on any atom is -0.497 e. The van der Waals surface area contributed by atoms with Gasteiger partial charge in [0.1, 0.15) is 5.75 Å². The first-order valence-electron chi connectivity index (χ1n) is 4.54. The Bertz CT molecular complexity index is 306. The lowest BCUT2D eigenvalue weighted by molar-refractivity contribution is -0.117. The number of carbonyl (C=O) groups excluding carboxylic acids is 1. The Balaban J connectivity index is 2.64. The summed E-state index contributed by atoms with van der Waals surface area (Å²) >= 11 is 0. The third-order valence-electron chi connectivity index (χ3n) is 2.08. The summed E-state index contributed by atoms with van der Waals surface area (Å²) in [7, 11) is 1.63. The monoisotopic (exact) mass is 193 g/mol. The lowest BCUT2D eigenvalue weighted by atomic mass is 10.2. The van der Waals surface area contributed by atoms with Gasteiger partial charge in [-0.3, -0.25) is 4.79 Å². The van der Waals surface area contributed by atoms with E-state index < -0.39 is 0 Å². The molecule has 1 aromatic rings. The van der Waals surface area contributed by atoms with E-state index in [-0.39, 0.29) is 11.8 Å². The fourth-order valence-corrected chi connectivity index (χ4v) is 1.04. The molecule has 0 aliphatic rings. The van der Waals surface area contributed by atoms with Gasteiger partial charge in [0.05, 0.1) is 13.2 Å². The van der Waals surface area contributed by atoms with Gasteiger partial charge >= 0.3 is 0 Å². The first kappa shape index (κ1) is 10.6. The van der Waals surface area contributed by atoms with E-state index in [1.54, 1.807) is 14.0 Å². The Hall–Kier alpha value is -1.51. The lowest BCUT2D eigenvalue weighted by Gasteiger charge is -2.12. The Morgan fingerprint density at radius 1 is 1.36 bits per heavy atom. The Morgan fingerprint density at radius 3 is 2.36 bits per heavy atom. The van der Waals surface area contributed by atoms with Gasteiger partial charge in [0.2, 0.25) is 0 Å². The summed E-state index contributed by atoms with van der Waals surface area (Å²) in [4.78, 5) is 11.0. The van der Waals surface area contributed by atoms with Crippen LogP contribution < -0.4 is 10.1 Å². The highest BCUT2D eigenvalue weighted by Gasteiger charge is 2.06. The first-order chi connectivity index (χ1) is 6.63. The van der Waals surface area contributed by atoms with Crippen LogP contribution in [0.15, 0.2) is 24.3 Å². The van der Waals surface area contributed by atoms with Crippen LogP contribution in [0.3, 0.4) is 0 Å². The number of hydrogen-bond donors (Lipinski definition) is 1. The zero-order valence-electron chi connectivity index (χ0n) is 8.70. The van der Waals surface area contributed by atoms with E-state index in [0.29, 0.717) is 0 Å². The quantitative estimate of drug-likeness (QED) is 0.795. The van der Waals surface area contributed by atoms with E-state index in [0.717, 1.165) is 11.4 Å². The van der Waals surface area contributed by atoms with Gasteiger partial charge in [-0.25, -0.2) is 0 Å². The van der Waals surface area contributed by atoms with Crippen molar-refractivity contribution >= 4 is 11.5 Å². The second-order valence-electron chi connectivity index (χ2n) is 3.21. The number of benzene rings is 1. The number of carbonyl (C=O) groups is 1. The average molecular weight is 193 g/mol. The molecule has 1 rings (SSSR count). The van der Waals surface area contributed by atoms with Crippen molar-refractivity contribution < 1.29 is 9.53 Å². The molecule has 1 aromatic carbocycles. The van der Waals surface area contributed by atoms with Crippen molar-refractivity contribution in [2.45, 2.75) is 19.9 Å². The molecule has 0 aromatic heterocycles. The molecule has 0 spiro atoms. The van der Waals surface area contributed by atoms with Crippen LogP contribution in [0.2, 0.25) is 0 Å². The molecule has 14 heavy (non-hydrogen) atoms. The topological polar surface area (TPSA) is 38.3 Å². The molecule has 0 aliphatic carbocycles. The van der Waals surface area contributed by atoms with Gasteiger partial charge in [0, 0.05) is 5.69 Å². The summed E-state index contributed by atoms with van der Waals surface area (Å²) in [5.74, 6) is 0.937. The van der Waals surface area contributed by atoms with Crippen LogP contribution in [0.25, 0.3) is 0 Å². The number of methoxy groups -OCH3 is 1. The van der Waals surface area contributed by atoms with Gasteiger partial charge < -0.3 is 10.1 Å². The predicted molar refractivity (Wildman–Crippen MR) is 56.8 cm³/mol. The minimum absolute atomic E-state index is 0.126. The normalized spacial score (nSPS) is 11.9. The van der Waals surface area contributed by atoms with Crippen molar-refractivity contribution in [3.63, 3.8) is 0 Å². The van der Waals surface area contributed by atoms with E-state index in [9.17, 15) is 4.79 Å². The third-order valence-corrected chi connectivity index (χ3v) is 2.08. The second kappa shape index (κ2) is 4.65. The van der Waals surface area contributed by atoms with Crippen LogP contribution in [0.1, 0.15) is 13.8 Å². The largest absolute Gasteiger partial charge is 0.497 e. The van der Waals surface area contributed by atoms with Crippen molar-refractivity contribution in [3.05, 3.63) is 24.3 Å². The van der Waals surface area contributed by atoms with E-state index in [1.165, 1.54) is 0 Å². The SMILES string of the molecule is COc1ccc(NC(C)C(C)=O)cc1. The van der Waals surface area contributed by atoms with Gasteiger partial charge in [-0.2, -0.15) is 0 Å². The molecular weight excluding hydrogens is 178 g/mol. The molecule has 0 saturated carbocycles. The van der Waals surface area contributed by atoms with Crippen molar-refractivity contribution in [2.24, 2.45) is 0 Å². The van der Waals surface area contributed by atoms with Crippen molar-refractivity contribution in [3.8, 4) is 5.75 Å². The molecule has 1 atom stereocenters. The van der Waals surface area contributed by atoms with Gasteiger partial charge in [-0.1, -0.05) is 0 Å². The average Bonchev–Trinajstić information content (AvgIpc) is 2.19. The van der Waals surface area contributed by atoms with Crippen LogP contribution in [0.5, 0.6) is 5.75 Å². The molecule has 3 nitrogen and oxygen atoms in total. The number of anilines is 1. The first-order valence-corrected chi connectivity index (χ1v) is 4.54. The maximum absolute atomic E-state index is 11.0. The molecule has 0 saturated heterocycles. The van der Waals surface area contributed by atoms with E-state index >= 15 is 0 Å². The standard InChI is InChI=1S/C11H15NO2/c1-8(9(2)13)12-10-4-6-11(14-3)7-5-10/h4-8,12H,1-3H3. The van der Waals surface area contributed by atoms with Crippen molar-refractivity contribution in [1.82, 2.24) is 0 Å². The molecule has 0 bridgehead atoms. The van der Waals surface area contributed by atoms with Crippen LogP contribution >= 0.6 is 0 Å². The Kier molecular flexibility index (Phi) is 3.51. The fraction of sp³-hybridized carbons (Fsp3) is 0.364. The highest BCUT2D eigenvalue weighted by molar-refractivity contribution is 5.83. The smallest absolute Gasteiger partial charge is 0.151 e. The van der Waals surface area contributed by atoms with Crippen LogP contribution in [0, 0.1) is 0 Å². The summed E-state index contributed by atoms with van der Waals surface area (Å²) in [6, 6.07) is 7.34. The van der Waals surface area contributed by atoms with Gasteiger partial charge in [-0.05, 0) is 38.1 Å². The van der Waals surface area contributed by atoms with E-state index in [4.69, 9.17) is 4.74 Å². The molecule has 1 unspecified atom stereocenters. The molecule has 76 valence electrons. The molecule has 0 radical (unpaired) electrons. The number of hydrogen-bond acceptors (Lipinski definition) is 3. The van der Waals surface area contributed by atoms with Gasteiger partial charge in [-0.15, -0.1) is 0 Å². The molecule has 3 heteroatoms. The molecule has 1 N–H and O–H groups in total. The highest BCUT2D eigenvalue weighted by atomic mass is 16.5. The van der Waals surface area contributed by atoms with Gasteiger partial charge in [0.15, 0.2) is 5.78 Å². The number of nitrogens with one attached hydrogen (secondary N) is 1. The summed E-state index contributed by atoms with van der Waals surface area (Å²) < 4.78 is 5.03. The molecule has 0 amide bonds. The predicted octanol–water partition coefficient (Wildman–Crippen LogP) is 2.08. The Labute approximate surface area is 84.1 Å². The maximum atomic E-state index is 11.0. The molecule has 0 aliphatic heterocycles. The van der Waals surface area contributed by atoms with Crippen molar-refractivity contribution in [2.75, 3.05) is 12.4 Å². The number of Topliss-reactive ketones (excluding diaryl/α,β-unsaturated/α-hetero) is 1. The lowest BCUT2D eigenvalue weighted by Crippen LogP contribution is -2.23. The fourth-order valence-electron chi connectivity index (χ4n) is 1.04. The molecule has 0 heterocycles. The van der Waals surface area contributed by atoms with Crippen molar-refractivity contribution in [1.29, 1.82) is 0 Å². The number of ether oxygens (including phenoxy) is 1. The van der Waals surface area contributed by atoms with Crippen LogP contribution in [-0.4, -0.2) is 18.9 Å². The van der Waals surface area contributed by atoms with Crippen LogP contribution in [-0.2, 0) is 4.79 Å². The highest BCUT2D eigenvalue weighted by Crippen LogP contribution is 2.15. The zero-order valence-corrected chi connectivity index (χ0v) is 8.70. The second-order valence-corrected chi connectivity index (χ2v) is 3.21. The zero-order chi connectivity index (χ0) is 10.6. The summed E-state index contributed by atoms with van der Waals surface area (Å²) in [6.07, 6.45) is 0. The summed E-state index contributed by atoms with van der Waals surface area (Å²) in [6.45, 7) is 3.41. The maximum Gasteiger partial charge on any atom is 0.151 e. The summed E-state index contributed by atoms with van der Waals surface area (Å²) in [5, 5.41) is 3.09. The minimum atomic E-state index is -0.150. The molecular formula is C11H15NO2. The summed E-state index contributed by atoms with van der Waals surface area (Å²) in [5.41, 5.74) is 0.925. The van der Waals surface area contributed by atoms with Crippen LogP contribution in [0.4, 0.5) is 5.69 Å². The van der Waals surface area contributed by atoms with E-state index in [2.05, 4.69) is 5.32 Å².